The molecule has 1 N–H and O–H groups in total. The summed E-state index contributed by atoms with van der Waals surface area (Å²) < 4.78 is 0. The summed E-state index contributed by atoms with van der Waals surface area (Å²) in [5.74, 6) is 0. The van der Waals surface area contributed by atoms with Crippen LogP contribution in [0.15, 0.2) is 24.5 Å². The lowest BCUT2D eigenvalue weighted by Crippen LogP contribution is -2.43. The first kappa shape index (κ1) is 7.33. The van der Waals surface area contributed by atoms with Crippen molar-refractivity contribution in [1.82, 2.24) is 10.3 Å². The average Bonchev–Trinajstić information content (AvgIpc) is 2.80. The molecule has 1 aromatic heterocycles. The van der Waals surface area contributed by atoms with Crippen molar-refractivity contribution in [3.63, 3.8) is 0 Å². The molecule has 2 aliphatic heterocycles. The van der Waals surface area contributed by atoms with Crippen molar-refractivity contribution in [2.75, 3.05) is 18.0 Å². The van der Waals surface area contributed by atoms with Crippen LogP contribution in [0.1, 0.15) is 6.42 Å². The monoisotopic (exact) mass is 175 g/mol. The van der Waals surface area contributed by atoms with Gasteiger partial charge in [-0.05, 0) is 18.6 Å². The molecule has 2 fully saturated rings. The summed E-state index contributed by atoms with van der Waals surface area (Å²) in [7, 11) is 0. The van der Waals surface area contributed by atoms with Crippen LogP contribution >= 0.6 is 0 Å². The van der Waals surface area contributed by atoms with Gasteiger partial charge in [-0.25, -0.2) is 0 Å². The SMILES string of the molecule is c1cncc(N2C[C@H]3C[C@H]2CN3)c1. The zero-order valence-electron chi connectivity index (χ0n) is 7.48. The fraction of sp³-hybridized carbons (Fsp3) is 0.500. The third-order valence-electron chi connectivity index (χ3n) is 3.03. The minimum Gasteiger partial charge on any atom is -0.364 e. The standard InChI is InChI=1S/C10H13N3/c1-2-9(5-11-3-1)13-7-8-4-10(13)6-12-8/h1-3,5,8,10,12H,4,6-7H2/t8-,10+/m1/s1. The Balaban J connectivity index is 1.87. The van der Waals surface area contributed by atoms with E-state index in [1.807, 2.05) is 18.5 Å². The van der Waals surface area contributed by atoms with E-state index in [4.69, 9.17) is 0 Å². The number of nitrogens with one attached hydrogen (secondary N) is 1. The van der Waals surface area contributed by atoms with E-state index in [9.17, 15) is 0 Å². The van der Waals surface area contributed by atoms with Gasteiger partial charge >= 0.3 is 0 Å². The molecule has 1 aromatic rings. The lowest BCUT2D eigenvalue weighted by molar-refractivity contribution is 0.579. The smallest absolute Gasteiger partial charge is 0.0556 e. The summed E-state index contributed by atoms with van der Waals surface area (Å²) in [6.07, 6.45) is 5.09. The molecule has 3 heterocycles. The Kier molecular flexibility index (Phi) is 1.52. The van der Waals surface area contributed by atoms with E-state index in [1.54, 1.807) is 0 Å². The molecule has 0 saturated carbocycles. The van der Waals surface area contributed by atoms with Gasteiger partial charge in [0.25, 0.3) is 0 Å². The van der Waals surface area contributed by atoms with Crippen molar-refractivity contribution in [2.45, 2.75) is 18.5 Å². The van der Waals surface area contributed by atoms with Crippen LogP contribution < -0.4 is 10.2 Å². The van der Waals surface area contributed by atoms with Crippen LogP contribution in [0, 0.1) is 0 Å². The third-order valence-corrected chi connectivity index (χ3v) is 3.03. The van der Waals surface area contributed by atoms with Crippen molar-refractivity contribution in [2.24, 2.45) is 0 Å². The highest BCUT2D eigenvalue weighted by Crippen LogP contribution is 2.28. The molecule has 2 atom stereocenters. The predicted octanol–water partition coefficient (Wildman–Crippen LogP) is 0.632. The lowest BCUT2D eigenvalue weighted by Gasteiger charge is -2.29. The van der Waals surface area contributed by atoms with Crippen molar-refractivity contribution < 1.29 is 0 Å². The first-order valence-electron chi connectivity index (χ1n) is 4.83. The number of fused-ring (bicyclic) bond motifs is 2. The summed E-state index contributed by atoms with van der Waals surface area (Å²) >= 11 is 0. The first-order chi connectivity index (χ1) is 6.43. The van der Waals surface area contributed by atoms with Crippen molar-refractivity contribution in [3.8, 4) is 0 Å². The highest BCUT2D eigenvalue weighted by atomic mass is 15.3. The molecule has 3 nitrogen and oxygen atoms in total. The molecule has 2 aliphatic rings. The second-order valence-electron chi connectivity index (χ2n) is 3.86. The number of pyridine rings is 1. The molecule has 3 heteroatoms. The van der Waals surface area contributed by atoms with Crippen LogP contribution in [0.3, 0.4) is 0 Å². The quantitative estimate of drug-likeness (QED) is 0.678. The van der Waals surface area contributed by atoms with Crippen LogP contribution in [0.2, 0.25) is 0 Å². The minimum absolute atomic E-state index is 0.703. The van der Waals surface area contributed by atoms with Crippen molar-refractivity contribution >= 4 is 5.69 Å². The highest BCUT2D eigenvalue weighted by molar-refractivity contribution is 5.47. The molecule has 0 spiro atoms. The Hall–Kier alpha value is -1.09. The van der Waals surface area contributed by atoms with Crippen molar-refractivity contribution in [1.29, 1.82) is 0 Å². The third kappa shape index (κ3) is 1.11. The van der Waals surface area contributed by atoms with E-state index in [0.29, 0.717) is 12.1 Å². The molecule has 0 amide bonds. The molecular formula is C10H13N3. The molecule has 0 radical (unpaired) electrons. The van der Waals surface area contributed by atoms with Crippen LogP contribution in [0.25, 0.3) is 0 Å². The molecule has 13 heavy (non-hydrogen) atoms. The summed E-state index contributed by atoms with van der Waals surface area (Å²) in [6.45, 7) is 2.29. The number of piperazine rings is 1. The lowest BCUT2D eigenvalue weighted by atomic mass is 10.2. The molecule has 0 aromatic carbocycles. The van der Waals surface area contributed by atoms with E-state index in [1.165, 1.54) is 12.1 Å². The molecule has 3 rings (SSSR count). The second-order valence-corrected chi connectivity index (χ2v) is 3.86. The maximum atomic E-state index is 4.15. The Bertz CT molecular complexity index is 298. The zero-order chi connectivity index (χ0) is 8.67. The van der Waals surface area contributed by atoms with Gasteiger partial charge in [0.15, 0.2) is 0 Å². The molecule has 2 bridgehead atoms. The van der Waals surface area contributed by atoms with Gasteiger partial charge in [-0.15, -0.1) is 0 Å². The molecular weight excluding hydrogens is 162 g/mol. The molecule has 0 aliphatic carbocycles. The van der Waals surface area contributed by atoms with E-state index in [0.717, 1.165) is 13.1 Å². The van der Waals surface area contributed by atoms with Gasteiger partial charge in [0, 0.05) is 31.4 Å². The number of aromatic nitrogens is 1. The van der Waals surface area contributed by atoms with Gasteiger partial charge < -0.3 is 10.2 Å². The fourth-order valence-corrected chi connectivity index (χ4v) is 2.40. The zero-order valence-corrected chi connectivity index (χ0v) is 7.48. The van der Waals surface area contributed by atoms with E-state index in [2.05, 4.69) is 21.3 Å². The summed E-state index contributed by atoms with van der Waals surface area (Å²) in [4.78, 5) is 6.62. The average molecular weight is 175 g/mol. The molecule has 0 unspecified atom stereocenters. The first-order valence-corrected chi connectivity index (χ1v) is 4.83. The Labute approximate surface area is 77.8 Å². The Morgan fingerprint density at radius 2 is 2.54 bits per heavy atom. The predicted molar refractivity (Wildman–Crippen MR) is 51.8 cm³/mol. The maximum absolute atomic E-state index is 4.15. The van der Waals surface area contributed by atoms with E-state index < -0.39 is 0 Å². The number of hydrogen-bond acceptors (Lipinski definition) is 3. The van der Waals surface area contributed by atoms with Crippen LogP contribution in [-0.2, 0) is 0 Å². The second kappa shape index (κ2) is 2.70. The summed E-state index contributed by atoms with van der Waals surface area (Å²) in [6, 6.07) is 5.57. The summed E-state index contributed by atoms with van der Waals surface area (Å²) in [5.41, 5.74) is 1.27. The van der Waals surface area contributed by atoms with Crippen LogP contribution in [0.4, 0.5) is 5.69 Å². The van der Waals surface area contributed by atoms with Gasteiger partial charge in [0.05, 0.1) is 11.9 Å². The van der Waals surface area contributed by atoms with Crippen LogP contribution in [0.5, 0.6) is 0 Å². The van der Waals surface area contributed by atoms with Gasteiger partial charge in [-0.1, -0.05) is 0 Å². The van der Waals surface area contributed by atoms with Gasteiger partial charge in [0.1, 0.15) is 0 Å². The number of nitrogens with zero attached hydrogens (tertiary/aromatic N) is 2. The van der Waals surface area contributed by atoms with Crippen molar-refractivity contribution in [3.05, 3.63) is 24.5 Å². The minimum atomic E-state index is 0.703. The van der Waals surface area contributed by atoms with Gasteiger partial charge in [-0.3, -0.25) is 4.98 Å². The van der Waals surface area contributed by atoms with Gasteiger partial charge in [0.2, 0.25) is 0 Å². The Morgan fingerprint density at radius 1 is 1.54 bits per heavy atom. The Morgan fingerprint density at radius 3 is 3.15 bits per heavy atom. The largest absolute Gasteiger partial charge is 0.364 e. The number of anilines is 1. The number of hydrogen-bond donors (Lipinski definition) is 1. The summed E-state index contributed by atoms with van der Waals surface area (Å²) in [5, 5.41) is 3.49. The number of rotatable bonds is 1. The maximum Gasteiger partial charge on any atom is 0.0556 e. The van der Waals surface area contributed by atoms with Crippen LogP contribution in [-0.4, -0.2) is 30.2 Å². The van der Waals surface area contributed by atoms with E-state index in [-0.39, 0.29) is 0 Å². The van der Waals surface area contributed by atoms with E-state index >= 15 is 0 Å². The molecule has 68 valence electrons. The normalized spacial score (nSPS) is 31.2. The molecule has 2 saturated heterocycles. The topological polar surface area (TPSA) is 28.2 Å². The highest BCUT2D eigenvalue weighted by Gasteiger charge is 2.37. The van der Waals surface area contributed by atoms with Gasteiger partial charge in [-0.2, -0.15) is 0 Å². The fourth-order valence-electron chi connectivity index (χ4n) is 2.40.